The number of rotatable bonds is 4. The van der Waals surface area contributed by atoms with Gasteiger partial charge in [-0.1, -0.05) is 19.9 Å². The lowest BCUT2D eigenvalue weighted by atomic mass is 9.46. The summed E-state index contributed by atoms with van der Waals surface area (Å²) in [4.78, 5) is 24.6. The third-order valence-electron chi connectivity index (χ3n) is 7.88. The van der Waals surface area contributed by atoms with Crippen LogP contribution in [0, 0.1) is 22.7 Å². The fourth-order valence-corrected chi connectivity index (χ4v) is 6.27. The zero-order valence-corrected chi connectivity index (χ0v) is 17.8. The van der Waals surface area contributed by atoms with Gasteiger partial charge in [0.15, 0.2) is 0 Å². The second-order valence-electron chi connectivity index (χ2n) is 9.43. The lowest BCUT2D eigenvalue weighted by Crippen LogP contribution is -2.59. The molecule has 2 saturated carbocycles. The molecule has 1 aromatic rings. The largest absolute Gasteiger partial charge is 0.497 e. The summed E-state index contributed by atoms with van der Waals surface area (Å²) >= 11 is 0. The average molecular weight is 418 g/mol. The number of hydrogen-bond acceptors (Lipinski definition) is 6. The van der Waals surface area contributed by atoms with Gasteiger partial charge >= 0.3 is 12.1 Å². The smallest absolute Gasteiger partial charge is 0.411 e. The van der Waals surface area contributed by atoms with E-state index in [1.807, 2.05) is 6.92 Å². The molecule has 0 radical (unpaired) electrons. The molecule has 3 fully saturated rings. The first-order valence-electron chi connectivity index (χ1n) is 10.7. The summed E-state index contributed by atoms with van der Waals surface area (Å²) in [5.41, 5.74) is -0.0989. The van der Waals surface area contributed by atoms with Crippen molar-refractivity contribution < 1.29 is 28.9 Å². The van der Waals surface area contributed by atoms with E-state index in [4.69, 9.17) is 14.2 Å². The first-order chi connectivity index (χ1) is 14.3. The van der Waals surface area contributed by atoms with Crippen LogP contribution in [-0.4, -0.2) is 43.1 Å². The highest BCUT2D eigenvalue weighted by Crippen LogP contribution is 2.62. The van der Waals surface area contributed by atoms with Crippen molar-refractivity contribution in [3.05, 3.63) is 24.3 Å². The molecular weight excluding hydrogens is 386 g/mol. The molecule has 6 atom stereocenters. The van der Waals surface area contributed by atoms with E-state index < -0.39 is 17.6 Å². The van der Waals surface area contributed by atoms with Gasteiger partial charge in [0, 0.05) is 23.1 Å². The molecule has 164 valence electrons. The Hall–Kier alpha value is -2.28. The predicted octanol–water partition coefficient (Wildman–Crippen LogP) is 3.75. The maximum Gasteiger partial charge on any atom is 0.411 e. The molecule has 4 rings (SSSR count). The van der Waals surface area contributed by atoms with Crippen LogP contribution in [0.5, 0.6) is 5.75 Å². The van der Waals surface area contributed by atoms with Crippen LogP contribution >= 0.6 is 0 Å². The third kappa shape index (κ3) is 3.43. The molecule has 0 spiro atoms. The molecule has 2 aliphatic carbocycles. The number of carbonyl (C=O) groups excluding carboxylic acids is 2. The monoisotopic (exact) mass is 417 g/mol. The highest BCUT2D eigenvalue weighted by Gasteiger charge is 2.62. The molecule has 1 heterocycles. The quantitative estimate of drug-likeness (QED) is 0.725. The molecule has 1 amide bonds. The number of amides is 1. The lowest BCUT2D eigenvalue weighted by Gasteiger charge is -2.59. The third-order valence-corrected chi connectivity index (χ3v) is 7.88. The van der Waals surface area contributed by atoms with E-state index in [-0.39, 0.29) is 35.9 Å². The number of methoxy groups -OCH3 is 1. The van der Waals surface area contributed by atoms with Gasteiger partial charge < -0.3 is 19.3 Å². The van der Waals surface area contributed by atoms with Gasteiger partial charge in [-0.25, -0.2) is 4.79 Å². The Kier molecular flexibility index (Phi) is 5.43. The molecule has 1 unspecified atom stereocenters. The first-order valence-corrected chi connectivity index (χ1v) is 10.7. The van der Waals surface area contributed by atoms with Crippen molar-refractivity contribution in [3.63, 3.8) is 0 Å². The number of ether oxygens (including phenoxy) is 3. The average Bonchev–Trinajstić information content (AvgIpc) is 3.12. The van der Waals surface area contributed by atoms with Gasteiger partial charge in [-0.3, -0.25) is 10.1 Å². The maximum atomic E-state index is 12.6. The van der Waals surface area contributed by atoms with E-state index in [9.17, 15) is 14.7 Å². The Morgan fingerprint density at radius 3 is 2.83 bits per heavy atom. The molecular formula is C23H31NO6. The molecule has 0 bridgehead atoms. The molecule has 1 aliphatic heterocycles. The number of benzene rings is 1. The van der Waals surface area contributed by atoms with Gasteiger partial charge in [-0.15, -0.1) is 0 Å². The number of carbonyl (C=O) groups is 2. The van der Waals surface area contributed by atoms with E-state index >= 15 is 0 Å². The summed E-state index contributed by atoms with van der Waals surface area (Å²) in [5, 5.41) is 13.2. The van der Waals surface area contributed by atoms with E-state index in [1.54, 1.807) is 31.4 Å². The van der Waals surface area contributed by atoms with Crippen molar-refractivity contribution in [1.82, 2.24) is 0 Å². The van der Waals surface area contributed by atoms with Crippen LogP contribution in [-0.2, 0) is 14.3 Å². The van der Waals surface area contributed by atoms with Crippen LogP contribution in [0.4, 0.5) is 10.5 Å². The number of aliphatic hydroxyl groups excluding tert-OH is 1. The summed E-state index contributed by atoms with van der Waals surface area (Å²) in [7, 11) is 1.57. The number of fused-ring (bicyclic) bond motifs is 3. The van der Waals surface area contributed by atoms with Gasteiger partial charge in [0.2, 0.25) is 0 Å². The minimum atomic E-state index is -0.574. The highest BCUT2D eigenvalue weighted by molar-refractivity contribution is 5.85. The maximum absolute atomic E-state index is 12.6. The number of anilines is 1. The van der Waals surface area contributed by atoms with Crippen molar-refractivity contribution in [3.8, 4) is 5.75 Å². The van der Waals surface area contributed by atoms with E-state index in [0.717, 1.165) is 19.3 Å². The molecule has 1 saturated heterocycles. The summed E-state index contributed by atoms with van der Waals surface area (Å²) in [6, 6.07) is 7.09. The number of nitrogens with one attached hydrogen (secondary N) is 1. The Labute approximate surface area is 177 Å². The van der Waals surface area contributed by atoms with Crippen LogP contribution in [0.1, 0.15) is 46.0 Å². The minimum absolute atomic E-state index is 0.0180. The van der Waals surface area contributed by atoms with Crippen molar-refractivity contribution >= 4 is 17.7 Å². The fraction of sp³-hybridized carbons (Fsp3) is 0.652. The van der Waals surface area contributed by atoms with Crippen LogP contribution in [0.25, 0.3) is 0 Å². The number of hydrogen-bond donors (Lipinski definition) is 2. The van der Waals surface area contributed by atoms with Crippen LogP contribution in [0.2, 0.25) is 0 Å². The molecule has 30 heavy (non-hydrogen) atoms. The molecule has 3 aliphatic rings. The van der Waals surface area contributed by atoms with Crippen LogP contribution < -0.4 is 10.1 Å². The summed E-state index contributed by atoms with van der Waals surface area (Å²) in [6.07, 6.45) is 2.62. The Balaban J connectivity index is 1.50. The van der Waals surface area contributed by atoms with Gasteiger partial charge in [0.1, 0.15) is 18.0 Å². The van der Waals surface area contributed by atoms with E-state index in [2.05, 4.69) is 12.2 Å². The van der Waals surface area contributed by atoms with E-state index in [1.165, 1.54) is 0 Å². The SMILES string of the molecule is COc1cccc(NC(=O)O[C@@H]2CC[C@]3(C)C(CC[C@H]4OC(=O)C[C@H]43)[C@]2(C)CO)c1. The van der Waals surface area contributed by atoms with Crippen molar-refractivity contribution in [2.75, 3.05) is 19.0 Å². The van der Waals surface area contributed by atoms with Crippen molar-refractivity contribution in [1.29, 1.82) is 0 Å². The Morgan fingerprint density at radius 2 is 2.10 bits per heavy atom. The topological polar surface area (TPSA) is 94.1 Å². The Morgan fingerprint density at radius 1 is 1.30 bits per heavy atom. The zero-order valence-electron chi connectivity index (χ0n) is 17.8. The predicted molar refractivity (Wildman–Crippen MR) is 110 cm³/mol. The van der Waals surface area contributed by atoms with Gasteiger partial charge in [0.05, 0.1) is 20.1 Å². The summed E-state index contributed by atoms with van der Waals surface area (Å²) in [6.45, 7) is 4.16. The highest BCUT2D eigenvalue weighted by atomic mass is 16.6. The molecule has 1 aromatic carbocycles. The summed E-state index contributed by atoms with van der Waals surface area (Å²) < 4.78 is 16.6. The molecule has 7 nitrogen and oxygen atoms in total. The Bertz CT molecular complexity index is 828. The normalized spacial score (nSPS) is 37.5. The van der Waals surface area contributed by atoms with Crippen LogP contribution in [0.3, 0.4) is 0 Å². The van der Waals surface area contributed by atoms with Gasteiger partial charge in [-0.05, 0) is 49.1 Å². The van der Waals surface area contributed by atoms with E-state index in [0.29, 0.717) is 24.3 Å². The van der Waals surface area contributed by atoms with Crippen molar-refractivity contribution in [2.45, 2.75) is 58.2 Å². The van der Waals surface area contributed by atoms with Gasteiger partial charge in [-0.2, -0.15) is 0 Å². The lowest BCUT2D eigenvalue weighted by molar-refractivity contribution is -0.174. The number of aliphatic hydroxyl groups is 1. The first kappa shape index (κ1) is 21.0. The second kappa shape index (κ2) is 7.76. The number of esters is 1. The van der Waals surface area contributed by atoms with Crippen molar-refractivity contribution in [2.24, 2.45) is 22.7 Å². The zero-order chi connectivity index (χ0) is 21.5. The standard InChI is InChI=1S/C23H31NO6/c1-22-10-9-19(30-21(27)24-14-5-4-6-15(11-14)28-3)23(2,13-25)18(22)8-7-17-16(22)12-20(26)29-17/h4-6,11,16-19,25H,7-10,12-13H2,1-3H3,(H,24,27)/t16-,17-,18?,19-,22+,23+/m1/s1. The van der Waals surface area contributed by atoms with Gasteiger partial charge in [0.25, 0.3) is 0 Å². The van der Waals surface area contributed by atoms with Crippen LogP contribution in [0.15, 0.2) is 24.3 Å². The molecule has 7 heteroatoms. The second-order valence-corrected chi connectivity index (χ2v) is 9.43. The molecule has 2 N–H and O–H groups in total. The fourth-order valence-electron chi connectivity index (χ4n) is 6.27. The minimum Gasteiger partial charge on any atom is -0.497 e. The molecule has 0 aromatic heterocycles. The summed E-state index contributed by atoms with van der Waals surface area (Å²) in [5.74, 6) is 0.843.